The molecule has 1 aromatic carbocycles. The summed E-state index contributed by atoms with van der Waals surface area (Å²) in [6.45, 7) is 0. The first kappa shape index (κ1) is 16.1. The average Bonchev–Trinajstić information content (AvgIpc) is 2.42. The third-order valence-electron chi connectivity index (χ3n) is 2.77. The summed E-state index contributed by atoms with van der Waals surface area (Å²) in [7, 11) is 0.0765. The van der Waals surface area contributed by atoms with Crippen molar-refractivity contribution in [3.8, 4) is 11.5 Å². The van der Waals surface area contributed by atoms with Crippen molar-refractivity contribution in [3.63, 3.8) is 0 Å². The summed E-state index contributed by atoms with van der Waals surface area (Å²) >= 11 is 5.51. The number of hydrogen-bond acceptors (Lipinski definition) is 4. The molecule has 0 aliphatic rings. The molecule has 6 heteroatoms. The second kappa shape index (κ2) is 7.60. The van der Waals surface area contributed by atoms with E-state index in [9.17, 15) is 8.42 Å². The monoisotopic (exact) mass is 306 g/mol. The third kappa shape index (κ3) is 5.28. The highest BCUT2D eigenvalue weighted by atomic mass is 35.5. The quantitative estimate of drug-likeness (QED) is 0.692. The van der Waals surface area contributed by atoms with Crippen LogP contribution in [-0.4, -0.2) is 40.0 Å². The zero-order valence-electron chi connectivity index (χ0n) is 11.2. The molecule has 0 heterocycles. The molecule has 0 saturated heterocycles. The molecule has 1 aromatic rings. The lowest BCUT2D eigenvalue weighted by molar-refractivity contribution is 0.391. The highest BCUT2D eigenvalue weighted by Crippen LogP contribution is 2.25. The van der Waals surface area contributed by atoms with Crippen molar-refractivity contribution in [3.05, 3.63) is 23.8 Å². The van der Waals surface area contributed by atoms with E-state index in [1.165, 1.54) is 0 Å². The van der Waals surface area contributed by atoms with Gasteiger partial charge in [-0.05, 0) is 24.5 Å². The van der Waals surface area contributed by atoms with Gasteiger partial charge in [-0.15, -0.1) is 11.6 Å². The van der Waals surface area contributed by atoms with Gasteiger partial charge in [0.2, 0.25) is 0 Å². The molecule has 0 bridgehead atoms. The molecule has 0 radical (unpaired) electrons. The number of hydrogen-bond donors (Lipinski definition) is 0. The first-order chi connectivity index (χ1) is 9.02. The molecule has 0 unspecified atom stereocenters. The van der Waals surface area contributed by atoms with Crippen LogP contribution in [0.4, 0.5) is 0 Å². The van der Waals surface area contributed by atoms with E-state index in [1.54, 1.807) is 26.4 Å². The summed E-state index contributed by atoms with van der Waals surface area (Å²) in [6, 6.07) is 5.37. The normalized spacial score (nSPS) is 11.3. The van der Waals surface area contributed by atoms with Gasteiger partial charge in [0.05, 0.1) is 25.7 Å². The van der Waals surface area contributed by atoms with Gasteiger partial charge in [-0.25, -0.2) is 8.42 Å². The molecular formula is C13H19ClO4S. The lowest BCUT2D eigenvalue weighted by Crippen LogP contribution is -2.13. The zero-order valence-corrected chi connectivity index (χ0v) is 12.8. The first-order valence-corrected chi connectivity index (χ1v) is 8.35. The molecule has 0 saturated carbocycles. The van der Waals surface area contributed by atoms with Crippen LogP contribution < -0.4 is 9.47 Å². The Hall–Kier alpha value is -0.940. The van der Waals surface area contributed by atoms with Crippen LogP contribution in [0.15, 0.2) is 18.2 Å². The predicted molar refractivity (Wildman–Crippen MR) is 77.2 cm³/mol. The van der Waals surface area contributed by atoms with Crippen LogP contribution in [0.1, 0.15) is 12.0 Å². The molecule has 0 N–H and O–H groups in total. The predicted octanol–water partition coefficient (Wildman–Crippen LogP) is 2.29. The van der Waals surface area contributed by atoms with Gasteiger partial charge in [0.1, 0.15) is 11.5 Å². The largest absolute Gasteiger partial charge is 0.497 e. The van der Waals surface area contributed by atoms with Crippen molar-refractivity contribution in [2.24, 2.45) is 0 Å². The lowest BCUT2D eigenvalue weighted by atomic mass is 10.1. The van der Waals surface area contributed by atoms with Crippen molar-refractivity contribution in [1.82, 2.24) is 0 Å². The summed E-state index contributed by atoms with van der Waals surface area (Å²) in [5.74, 6) is 1.93. The summed E-state index contributed by atoms with van der Waals surface area (Å²) in [5.41, 5.74) is 0.859. The molecule has 0 fully saturated rings. The minimum atomic E-state index is -3.05. The maximum atomic E-state index is 11.8. The number of ether oxygens (including phenoxy) is 2. The van der Waals surface area contributed by atoms with Crippen LogP contribution in [0.5, 0.6) is 11.5 Å². The van der Waals surface area contributed by atoms with Gasteiger partial charge in [0, 0.05) is 11.9 Å². The number of benzene rings is 1. The molecule has 19 heavy (non-hydrogen) atoms. The van der Waals surface area contributed by atoms with Crippen LogP contribution in [0.3, 0.4) is 0 Å². The fourth-order valence-electron chi connectivity index (χ4n) is 1.70. The third-order valence-corrected chi connectivity index (χ3v) is 4.77. The minimum Gasteiger partial charge on any atom is -0.497 e. The second-order valence-corrected chi connectivity index (χ2v) is 6.80. The minimum absolute atomic E-state index is 0.104. The van der Waals surface area contributed by atoms with E-state index in [4.69, 9.17) is 21.1 Å². The van der Waals surface area contributed by atoms with Crippen LogP contribution in [0.25, 0.3) is 0 Å². The van der Waals surface area contributed by atoms with Gasteiger partial charge in [0.15, 0.2) is 9.84 Å². The number of rotatable bonds is 8. The Morgan fingerprint density at radius 1 is 1.16 bits per heavy atom. The fourth-order valence-corrected chi connectivity index (χ4v) is 3.31. The number of alkyl halides is 1. The van der Waals surface area contributed by atoms with Gasteiger partial charge in [-0.2, -0.15) is 0 Å². The Balaban J connectivity index is 2.72. The highest BCUT2D eigenvalue weighted by molar-refractivity contribution is 7.91. The SMILES string of the molecule is COc1ccc(CCS(=O)(=O)CCCCl)c(OC)c1. The van der Waals surface area contributed by atoms with Crippen molar-refractivity contribution in [2.75, 3.05) is 31.6 Å². The number of halogens is 1. The van der Waals surface area contributed by atoms with Gasteiger partial charge in [0.25, 0.3) is 0 Å². The number of sulfone groups is 1. The maximum absolute atomic E-state index is 11.8. The topological polar surface area (TPSA) is 52.6 Å². The molecule has 0 aromatic heterocycles. The molecule has 0 aliphatic heterocycles. The molecular weight excluding hydrogens is 288 g/mol. The fraction of sp³-hybridized carbons (Fsp3) is 0.538. The van der Waals surface area contributed by atoms with Crippen molar-refractivity contribution < 1.29 is 17.9 Å². The maximum Gasteiger partial charge on any atom is 0.150 e. The highest BCUT2D eigenvalue weighted by Gasteiger charge is 2.13. The summed E-state index contributed by atoms with van der Waals surface area (Å²) < 4.78 is 33.9. The van der Waals surface area contributed by atoms with E-state index in [2.05, 4.69) is 0 Å². The van der Waals surface area contributed by atoms with Crippen LogP contribution >= 0.6 is 11.6 Å². The Morgan fingerprint density at radius 3 is 2.47 bits per heavy atom. The Kier molecular flexibility index (Phi) is 6.45. The first-order valence-electron chi connectivity index (χ1n) is 5.99. The summed E-state index contributed by atoms with van der Waals surface area (Å²) in [4.78, 5) is 0. The molecule has 0 aliphatic carbocycles. The Morgan fingerprint density at radius 2 is 1.89 bits per heavy atom. The average molecular weight is 307 g/mol. The van der Waals surface area contributed by atoms with Crippen molar-refractivity contribution in [1.29, 1.82) is 0 Å². The van der Waals surface area contributed by atoms with Gasteiger partial charge in [-0.1, -0.05) is 6.07 Å². The Bertz CT molecular complexity index is 499. The number of methoxy groups -OCH3 is 2. The standard InChI is InChI=1S/C13H19ClO4S/c1-17-12-5-4-11(13(10-12)18-2)6-9-19(15,16)8-3-7-14/h4-5,10H,3,6-9H2,1-2H3. The van der Waals surface area contributed by atoms with E-state index in [0.717, 1.165) is 5.56 Å². The van der Waals surface area contributed by atoms with Crippen molar-refractivity contribution in [2.45, 2.75) is 12.8 Å². The molecule has 0 spiro atoms. The number of aryl methyl sites for hydroxylation is 1. The molecule has 1 rings (SSSR count). The molecule has 4 nitrogen and oxygen atoms in total. The van der Waals surface area contributed by atoms with Crippen LogP contribution in [0, 0.1) is 0 Å². The lowest BCUT2D eigenvalue weighted by Gasteiger charge is -2.10. The molecule has 108 valence electrons. The van der Waals surface area contributed by atoms with Crippen LogP contribution in [-0.2, 0) is 16.3 Å². The van der Waals surface area contributed by atoms with Crippen molar-refractivity contribution >= 4 is 21.4 Å². The van der Waals surface area contributed by atoms with E-state index in [0.29, 0.717) is 30.2 Å². The van der Waals surface area contributed by atoms with Gasteiger partial charge < -0.3 is 9.47 Å². The van der Waals surface area contributed by atoms with Gasteiger partial charge in [-0.3, -0.25) is 0 Å². The summed E-state index contributed by atoms with van der Waals surface area (Å²) in [5, 5.41) is 0. The van der Waals surface area contributed by atoms with Gasteiger partial charge >= 0.3 is 0 Å². The van der Waals surface area contributed by atoms with E-state index in [-0.39, 0.29) is 11.5 Å². The Labute approximate surface area is 119 Å². The van der Waals surface area contributed by atoms with E-state index in [1.807, 2.05) is 6.07 Å². The molecule has 0 amide bonds. The second-order valence-electron chi connectivity index (χ2n) is 4.12. The zero-order chi connectivity index (χ0) is 14.3. The molecule has 0 atom stereocenters. The summed E-state index contributed by atoms with van der Waals surface area (Å²) in [6.07, 6.45) is 0.918. The van der Waals surface area contributed by atoms with E-state index < -0.39 is 9.84 Å². The van der Waals surface area contributed by atoms with Crippen LogP contribution in [0.2, 0.25) is 0 Å². The van der Waals surface area contributed by atoms with E-state index >= 15 is 0 Å². The smallest absolute Gasteiger partial charge is 0.150 e.